The lowest BCUT2D eigenvalue weighted by molar-refractivity contribution is 0.0226. The van der Waals surface area contributed by atoms with Crippen LogP contribution in [0.3, 0.4) is 0 Å². The van der Waals surface area contributed by atoms with Gasteiger partial charge in [-0.3, -0.25) is 0 Å². The van der Waals surface area contributed by atoms with Crippen LogP contribution >= 0.6 is 0 Å². The third-order valence-electron chi connectivity index (χ3n) is 4.58. The van der Waals surface area contributed by atoms with Gasteiger partial charge in [-0.05, 0) is 38.9 Å². The normalized spacial score (nSPS) is 15.0. The van der Waals surface area contributed by atoms with Crippen LogP contribution < -0.4 is 4.90 Å². The zero-order valence-corrected chi connectivity index (χ0v) is 13.5. The Labute approximate surface area is 143 Å². The van der Waals surface area contributed by atoms with Gasteiger partial charge in [0.2, 0.25) is 0 Å². The van der Waals surface area contributed by atoms with Crippen LogP contribution in [0.1, 0.15) is 5.56 Å². The van der Waals surface area contributed by atoms with Crippen LogP contribution in [-0.2, 0) is 11.3 Å². The van der Waals surface area contributed by atoms with Crippen molar-refractivity contribution >= 4 is 22.2 Å². The van der Waals surface area contributed by atoms with E-state index in [1.54, 1.807) is 0 Å². The number of ether oxygens (including phenoxy) is 1. The van der Waals surface area contributed by atoms with E-state index < -0.39 is 0 Å². The number of rotatable bonds is 4. The predicted octanol–water partition coefficient (Wildman–Crippen LogP) is 2.08. The molecular weight excluding hydrogens is 316 g/mol. The van der Waals surface area contributed by atoms with E-state index in [2.05, 4.69) is 68.0 Å². The number of tetrazole rings is 1. The van der Waals surface area contributed by atoms with Gasteiger partial charge in [-0.2, -0.15) is 0 Å². The monoisotopic (exact) mass is 332 g/mol. The lowest BCUT2D eigenvalue weighted by atomic mass is 10.1. The van der Waals surface area contributed by atoms with Crippen LogP contribution in [0.15, 0.2) is 54.6 Å². The highest BCUT2D eigenvalue weighted by Gasteiger charge is 2.29. The molecule has 25 heavy (non-hydrogen) atoms. The average molecular weight is 332 g/mol. The van der Waals surface area contributed by atoms with Crippen LogP contribution in [0.2, 0.25) is 0 Å². The van der Waals surface area contributed by atoms with E-state index in [4.69, 9.17) is 4.74 Å². The van der Waals surface area contributed by atoms with E-state index in [9.17, 15) is 0 Å². The fourth-order valence-electron chi connectivity index (χ4n) is 3.17. The van der Waals surface area contributed by atoms with Gasteiger partial charge < -0.3 is 9.64 Å². The van der Waals surface area contributed by atoms with Gasteiger partial charge in [0.1, 0.15) is 0 Å². The van der Waals surface area contributed by atoms with Crippen LogP contribution in [0.4, 0.5) is 5.82 Å². The summed E-state index contributed by atoms with van der Waals surface area (Å²) in [6.07, 6.45) is 0.213. The Balaban J connectivity index is 1.24. The number of hydrogen-bond acceptors (Lipinski definition) is 6. The number of nitrogens with zero attached hydrogens (tertiary/aromatic N) is 6. The smallest absolute Gasteiger partial charge is 0.200 e. The first-order chi connectivity index (χ1) is 12.4. The Morgan fingerprint density at radius 2 is 1.88 bits per heavy atom. The zero-order valence-electron chi connectivity index (χ0n) is 13.5. The standard InChI is InChI=1S/C18H16N6O/c1-2-7-16-13(4-1)5-3-6-14(16)12-25-15-10-23(11-15)18-9-8-17-19-21-22-24(17)20-18/h1-9,15H,10-12H2. The molecule has 2 aromatic carbocycles. The summed E-state index contributed by atoms with van der Waals surface area (Å²) in [5.41, 5.74) is 1.87. The Bertz CT molecular complexity index is 1030. The number of anilines is 1. The first-order valence-corrected chi connectivity index (χ1v) is 8.25. The second kappa shape index (κ2) is 5.78. The summed E-state index contributed by atoms with van der Waals surface area (Å²) in [6.45, 7) is 2.27. The molecule has 0 bridgehead atoms. The molecule has 0 amide bonds. The summed E-state index contributed by atoms with van der Waals surface area (Å²) in [4.78, 5) is 2.16. The second-order valence-electron chi connectivity index (χ2n) is 6.19. The summed E-state index contributed by atoms with van der Waals surface area (Å²) < 4.78 is 7.52. The minimum atomic E-state index is 0.213. The van der Waals surface area contributed by atoms with Crippen molar-refractivity contribution in [3.05, 3.63) is 60.2 Å². The fraction of sp³-hybridized carbons (Fsp3) is 0.222. The van der Waals surface area contributed by atoms with Crippen LogP contribution in [-0.4, -0.2) is 44.4 Å². The quantitative estimate of drug-likeness (QED) is 0.570. The highest BCUT2D eigenvalue weighted by Crippen LogP contribution is 2.23. The predicted molar refractivity (Wildman–Crippen MR) is 93.3 cm³/mol. The molecule has 0 atom stereocenters. The Kier molecular flexibility index (Phi) is 3.31. The first kappa shape index (κ1) is 14.3. The maximum Gasteiger partial charge on any atom is 0.200 e. The van der Waals surface area contributed by atoms with Gasteiger partial charge >= 0.3 is 0 Å². The van der Waals surface area contributed by atoms with Crippen molar-refractivity contribution in [2.45, 2.75) is 12.7 Å². The molecule has 0 radical (unpaired) electrons. The summed E-state index contributed by atoms with van der Waals surface area (Å²) in [5, 5.41) is 18.2. The minimum absolute atomic E-state index is 0.213. The molecule has 1 aliphatic heterocycles. The van der Waals surface area contributed by atoms with Crippen molar-refractivity contribution in [2.24, 2.45) is 0 Å². The van der Waals surface area contributed by atoms with Gasteiger partial charge in [0.15, 0.2) is 11.5 Å². The molecule has 0 N–H and O–H groups in total. The molecule has 1 fully saturated rings. The first-order valence-electron chi connectivity index (χ1n) is 8.25. The van der Waals surface area contributed by atoms with Gasteiger partial charge in [0.25, 0.3) is 0 Å². The molecule has 1 saturated heterocycles. The molecule has 0 spiro atoms. The molecule has 0 unspecified atom stereocenters. The lowest BCUT2D eigenvalue weighted by Gasteiger charge is -2.39. The zero-order chi connectivity index (χ0) is 16.6. The van der Waals surface area contributed by atoms with E-state index in [1.807, 2.05) is 12.1 Å². The van der Waals surface area contributed by atoms with Crippen LogP contribution in [0.5, 0.6) is 0 Å². The summed E-state index contributed by atoms with van der Waals surface area (Å²) >= 11 is 0. The molecule has 0 saturated carbocycles. The van der Waals surface area contributed by atoms with Gasteiger partial charge in [-0.1, -0.05) is 42.5 Å². The van der Waals surface area contributed by atoms with Crippen molar-refractivity contribution in [1.29, 1.82) is 0 Å². The van der Waals surface area contributed by atoms with E-state index in [1.165, 1.54) is 21.0 Å². The maximum absolute atomic E-state index is 6.08. The van der Waals surface area contributed by atoms with Crippen molar-refractivity contribution in [1.82, 2.24) is 25.3 Å². The van der Waals surface area contributed by atoms with E-state index in [0.29, 0.717) is 12.3 Å². The van der Waals surface area contributed by atoms with Crippen molar-refractivity contribution in [3.8, 4) is 0 Å². The minimum Gasteiger partial charge on any atom is -0.370 e. The molecule has 3 heterocycles. The third-order valence-corrected chi connectivity index (χ3v) is 4.58. The van der Waals surface area contributed by atoms with Gasteiger partial charge in [0, 0.05) is 13.1 Å². The third kappa shape index (κ3) is 2.58. The topological polar surface area (TPSA) is 68.4 Å². The SMILES string of the molecule is c1ccc2c(COC3CN(c4ccc5nnnn5n4)C3)cccc2c1. The Hall–Kier alpha value is -3.06. The largest absolute Gasteiger partial charge is 0.370 e. The summed E-state index contributed by atoms with van der Waals surface area (Å²) in [7, 11) is 0. The fourth-order valence-corrected chi connectivity index (χ4v) is 3.17. The van der Waals surface area contributed by atoms with E-state index in [-0.39, 0.29) is 6.10 Å². The van der Waals surface area contributed by atoms with Crippen molar-refractivity contribution in [3.63, 3.8) is 0 Å². The molecule has 4 aromatic rings. The van der Waals surface area contributed by atoms with Crippen LogP contribution in [0.25, 0.3) is 16.4 Å². The van der Waals surface area contributed by atoms with Gasteiger partial charge in [-0.15, -0.1) is 14.8 Å². The number of hydrogen-bond donors (Lipinski definition) is 0. The van der Waals surface area contributed by atoms with E-state index in [0.717, 1.165) is 18.9 Å². The highest BCUT2D eigenvalue weighted by molar-refractivity contribution is 5.85. The molecular formula is C18H16N6O. The highest BCUT2D eigenvalue weighted by atomic mass is 16.5. The molecule has 2 aromatic heterocycles. The number of benzene rings is 2. The summed E-state index contributed by atoms with van der Waals surface area (Å²) in [5.74, 6) is 0.866. The summed E-state index contributed by atoms with van der Waals surface area (Å²) in [6, 6.07) is 18.6. The average Bonchev–Trinajstić information content (AvgIpc) is 3.08. The Morgan fingerprint density at radius 3 is 2.84 bits per heavy atom. The Morgan fingerprint density at radius 1 is 1.00 bits per heavy atom. The molecule has 124 valence electrons. The lowest BCUT2D eigenvalue weighted by Crippen LogP contribution is -2.52. The van der Waals surface area contributed by atoms with Gasteiger partial charge in [0.05, 0.1) is 12.7 Å². The number of fused-ring (bicyclic) bond motifs is 2. The molecule has 7 heteroatoms. The number of aromatic nitrogens is 5. The van der Waals surface area contributed by atoms with Crippen molar-refractivity contribution < 1.29 is 4.74 Å². The molecule has 1 aliphatic rings. The van der Waals surface area contributed by atoms with Gasteiger partial charge in [-0.25, -0.2) is 0 Å². The molecule has 7 nitrogen and oxygen atoms in total. The second-order valence-corrected chi connectivity index (χ2v) is 6.19. The maximum atomic E-state index is 6.08. The molecule has 0 aliphatic carbocycles. The van der Waals surface area contributed by atoms with Crippen molar-refractivity contribution in [2.75, 3.05) is 18.0 Å². The molecule has 5 rings (SSSR count). The van der Waals surface area contributed by atoms with E-state index >= 15 is 0 Å². The van der Waals surface area contributed by atoms with Crippen LogP contribution in [0, 0.1) is 0 Å².